The van der Waals surface area contributed by atoms with Crippen LogP contribution < -0.4 is 15.6 Å². The lowest BCUT2D eigenvalue weighted by atomic mass is 9.77. The standard InChI is InChI=1S/C31H28F2IN5O4/c1-29(41)26(32)30(33,17-34)43-27(29)39-18-35-23-24(39)36-28(37-25(23)40)38-31(19-9-5-3-6-10-19,20-11-7-4-8-12-20)21-13-15-22(42-2)16-14-21/h3-16,18,26-27,41H,17H2,1-2H3,(H2,36,37,38,40)/t26-,27+,29+,30+/m0/s1. The molecule has 0 aliphatic carbocycles. The van der Waals surface area contributed by atoms with Gasteiger partial charge in [0.25, 0.3) is 11.4 Å². The van der Waals surface area contributed by atoms with Crippen molar-refractivity contribution in [2.75, 3.05) is 16.9 Å². The molecule has 9 nitrogen and oxygen atoms in total. The zero-order valence-electron chi connectivity index (χ0n) is 23.2. The molecule has 1 saturated heterocycles. The van der Waals surface area contributed by atoms with E-state index in [9.17, 15) is 9.90 Å². The molecule has 3 aromatic carbocycles. The van der Waals surface area contributed by atoms with E-state index in [1.807, 2.05) is 84.9 Å². The number of anilines is 1. The van der Waals surface area contributed by atoms with E-state index < -0.39 is 35.0 Å². The average Bonchev–Trinajstić information content (AvgIpc) is 3.53. The van der Waals surface area contributed by atoms with Crippen molar-refractivity contribution < 1.29 is 23.4 Å². The van der Waals surface area contributed by atoms with E-state index in [-0.39, 0.29) is 21.5 Å². The molecule has 4 atom stereocenters. The van der Waals surface area contributed by atoms with Crippen LogP contribution in [0.15, 0.2) is 96.1 Å². The Morgan fingerprint density at radius 1 is 1.07 bits per heavy atom. The molecule has 222 valence electrons. The third-order valence-electron chi connectivity index (χ3n) is 7.81. The molecule has 1 fully saturated rings. The maximum atomic E-state index is 15.3. The number of ether oxygens (including phenoxy) is 2. The van der Waals surface area contributed by atoms with Gasteiger partial charge in [-0.15, -0.1) is 0 Å². The molecule has 5 aromatic rings. The van der Waals surface area contributed by atoms with Gasteiger partial charge < -0.3 is 19.9 Å². The Morgan fingerprint density at radius 2 is 1.65 bits per heavy atom. The second-order valence-electron chi connectivity index (χ2n) is 10.6. The average molecular weight is 699 g/mol. The molecular formula is C31H28F2IN5O4. The number of alkyl halides is 3. The summed E-state index contributed by atoms with van der Waals surface area (Å²) >= 11 is 1.67. The fourth-order valence-corrected chi connectivity index (χ4v) is 6.20. The number of nitrogens with one attached hydrogen (secondary N) is 2. The summed E-state index contributed by atoms with van der Waals surface area (Å²) in [6, 6.07) is 26.8. The van der Waals surface area contributed by atoms with Crippen LogP contribution in [0.3, 0.4) is 0 Å². The molecule has 6 rings (SSSR count). The third kappa shape index (κ3) is 4.77. The van der Waals surface area contributed by atoms with Crippen LogP contribution in [-0.2, 0) is 10.3 Å². The third-order valence-corrected chi connectivity index (χ3v) is 8.85. The van der Waals surface area contributed by atoms with Gasteiger partial charge >= 0.3 is 0 Å². The van der Waals surface area contributed by atoms with Crippen molar-refractivity contribution in [2.24, 2.45) is 0 Å². The highest BCUT2D eigenvalue weighted by molar-refractivity contribution is 14.1. The van der Waals surface area contributed by atoms with Crippen LogP contribution in [0.25, 0.3) is 11.2 Å². The Kier molecular flexibility index (Phi) is 7.47. The lowest BCUT2D eigenvalue weighted by Crippen LogP contribution is -2.45. The normalized spacial score (nSPS) is 23.9. The zero-order valence-corrected chi connectivity index (χ0v) is 25.3. The molecule has 0 spiro atoms. The highest BCUT2D eigenvalue weighted by Gasteiger charge is 2.64. The molecule has 1 aliphatic rings. The lowest BCUT2D eigenvalue weighted by molar-refractivity contribution is -0.158. The van der Waals surface area contributed by atoms with E-state index in [0.29, 0.717) is 5.75 Å². The molecule has 1 aliphatic heterocycles. The second kappa shape index (κ2) is 11.0. The highest BCUT2D eigenvalue weighted by Crippen LogP contribution is 2.48. The van der Waals surface area contributed by atoms with Crippen molar-refractivity contribution in [3.05, 3.63) is 118 Å². The number of aromatic nitrogens is 4. The monoisotopic (exact) mass is 699 g/mol. The number of benzene rings is 3. The van der Waals surface area contributed by atoms with Gasteiger partial charge in [0.2, 0.25) is 5.95 Å². The molecule has 3 heterocycles. The van der Waals surface area contributed by atoms with E-state index >= 15 is 8.78 Å². The molecule has 0 bridgehead atoms. The first-order valence-corrected chi connectivity index (χ1v) is 15.0. The van der Waals surface area contributed by atoms with Crippen molar-refractivity contribution in [1.82, 2.24) is 19.5 Å². The van der Waals surface area contributed by atoms with Gasteiger partial charge in [-0.05, 0) is 35.7 Å². The van der Waals surface area contributed by atoms with Crippen molar-refractivity contribution in [3.63, 3.8) is 0 Å². The van der Waals surface area contributed by atoms with Crippen LogP contribution in [0, 0.1) is 0 Å². The number of aliphatic hydroxyl groups is 1. The number of imidazole rings is 1. The quantitative estimate of drug-likeness (QED) is 0.115. The second-order valence-corrected chi connectivity index (χ2v) is 11.3. The summed E-state index contributed by atoms with van der Waals surface area (Å²) in [6.07, 6.45) is -2.70. The van der Waals surface area contributed by atoms with Crippen molar-refractivity contribution in [2.45, 2.75) is 36.3 Å². The van der Waals surface area contributed by atoms with E-state index in [1.165, 1.54) is 10.9 Å². The molecule has 0 amide bonds. The van der Waals surface area contributed by atoms with Gasteiger partial charge in [0, 0.05) is 0 Å². The first kappa shape index (κ1) is 29.2. The number of nitrogens with zero attached hydrogens (tertiary/aromatic N) is 3. The summed E-state index contributed by atoms with van der Waals surface area (Å²) in [5.74, 6) is -2.02. The first-order chi connectivity index (χ1) is 20.6. The molecule has 2 aromatic heterocycles. The number of H-pyrrole nitrogens is 1. The summed E-state index contributed by atoms with van der Waals surface area (Å²) in [6.45, 7) is 1.15. The SMILES string of the molecule is COc1ccc(C(Nc2nc3c(ncn3[C@@H]3O[C@](F)(CI)[C@@H](F)[C@@]3(C)O)c(=O)[nH]2)(c2ccccc2)c2ccccc2)cc1. The molecule has 3 N–H and O–H groups in total. The number of halogens is 3. The minimum Gasteiger partial charge on any atom is -0.497 e. The Hall–Kier alpha value is -3.88. The number of hydrogen-bond acceptors (Lipinski definition) is 7. The first-order valence-electron chi connectivity index (χ1n) is 13.4. The van der Waals surface area contributed by atoms with Crippen LogP contribution in [0.2, 0.25) is 0 Å². The van der Waals surface area contributed by atoms with Crippen molar-refractivity contribution in [3.8, 4) is 5.75 Å². The van der Waals surface area contributed by atoms with Crippen LogP contribution in [0.5, 0.6) is 5.75 Å². The molecule has 0 unspecified atom stereocenters. The number of fused-ring (bicyclic) bond motifs is 1. The highest BCUT2D eigenvalue weighted by atomic mass is 127. The number of aromatic amines is 1. The number of rotatable bonds is 8. The molecule has 43 heavy (non-hydrogen) atoms. The molecule has 0 radical (unpaired) electrons. The van der Waals surface area contributed by atoms with E-state index in [2.05, 4.69) is 20.3 Å². The van der Waals surface area contributed by atoms with Gasteiger partial charge in [0.05, 0.1) is 17.9 Å². The summed E-state index contributed by atoms with van der Waals surface area (Å²) in [4.78, 5) is 24.9. The van der Waals surface area contributed by atoms with E-state index in [4.69, 9.17) is 9.47 Å². The molecule has 12 heteroatoms. The fraction of sp³-hybridized carbons (Fsp3) is 0.258. The summed E-state index contributed by atoms with van der Waals surface area (Å²) < 4.78 is 42.0. The Bertz CT molecular complexity index is 1760. The van der Waals surface area contributed by atoms with Crippen LogP contribution in [-0.4, -0.2) is 53.8 Å². The predicted molar refractivity (Wildman–Crippen MR) is 166 cm³/mol. The number of methoxy groups -OCH3 is 1. The Labute approximate surface area is 259 Å². The van der Waals surface area contributed by atoms with Gasteiger partial charge in [-0.25, -0.2) is 13.8 Å². The van der Waals surface area contributed by atoms with Gasteiger partial charge in [0.15, 0.2) is 23.6 Å². The Morgan fingerprint density at radius 3 is 2.19 bits per heavy atom. The largest absolute Gasteiger partial charge is 0.497 e. The number of hydrogen-bond donors (Lipinski definition) is 3. The van der Waals surface area contributed by atoms with Gasteiger partial charge in [-0.1, -0.05) is 95.4 Å². The van der Waals surface area contributed by atoms with Gasteiger partial charge in [-0.2, -0.15) is 4.98 Å². The van der Waals surface area contributed by atoms with Crippen molar-refractivity contribution >= 4 is 39.7 Å². The maximum absolute atomic E-state index is 15.3. The van der Waals surface area contributed by atoms with Gasteiger partial charge in [0.1, 0.15) is 16.9 Å². The minimum absolute atomic E-state index is 0.0220. The fourth-order valence-electron chi connectivity index (χ4n) is 5.63. The minimum atomic E-state index is -2.74. The maximum Gasteiger partial charge on any atom is 0.280 e. The lowest BCUT2D eigenvalue weighted by Gasteiger charge is -2.37. The summed E-state index contributed by atoms with van der Waals surface area (Å²) in [7, 11) is 1.59. The van der Waals surface area contributed by atoms with E-state index in [0.717, 1.165) is 23.6 Å². The van der Waals surface area contributed by atoms with Gasteiger partial charge in [-0.3, -0.25) is 14.3 Å². The topological polar surface area (TPSA) is 114 Å². The van der Waals surface area contributed by atoms with Crippen LogP contribution >= 0.6 is 22.6 Å². The van der Waals surface area contributed by atoms with E-state index in [1.54, 1.807) is 29.7 Å². The van der Waals surface area contributed by atoms with Crippen LogP contribution in [0.4, 0.5) is 14.7 Å². The predicted octanol–water partition coefficient (Wildman–Crippen LogP) is 5.25. The van der Waals surface area contributed by atoms with Crippen LogP contribution in [0.1, 0.15) is 29.8 Å². The summed E-state index contributed by atoms with van der Waals surface area (Å²) in [5, 5.41) is 14.5. The molecule has 0 saturated carbocycles. The van der Waals surface area contributed by atoms with Crippen molar-refractivity contribution in [1.29, 1.82) is 0 Å². The Balaban J connectivity index is 1.55. The zero-order chi connectivity index (χ0) is 30.4. The summed E-state index contributed by atoms with van der Waals surface area (Å²) in [5.41, 5.74) is -1.54. The smallest absolute Gasteiger partial charge is 0.280 e. The molecular weight excluding hydrogens is 671 g/mol.